The SMILES string of the molecule is C=C(C=O)N(C=N)Cc1ccc(C#N)c(F)c1. The molecular weight excluding hydrogens is 221 g/mol. The van der Waals surface area contributed by atoms with E-state index >= 15 is 0 Å². The topological polar surface area (TPSA) is 68.0 Å². The molecule has 0 atom stereocenters. The van der Waals surface area contributed by atoms with Crippen LogP contribution in [0.1, 0.15) is 11.1 Å². The maximum absolute atomic E-state index is 13.3. The Balaban J connectivity index is 2.92. The zero-order chi connectivity index (χ0) is 12.8. The maximum Gasteiger partial charge on any atom is 0.165 e. The number of carbonyl (C=O) groups is 1. The van der Waals surface area contributed by atoms with E-state index in [9.17, 15) is 9.18 Å². The zero-order valence-electron chi connectivity index (χ0n) is 8.98. The Bertz CT molecular complexity index is 505. The van der Waals surface area contributed by atoms with Gasteiger partial charge in [0.15, 0.2) is 6.29 Å². The van der Waals surface area contributed by atoms with Gasteiger partial charge < -0.3 is 4.90 Å². The molecule has 0 aliphatic heterocycles. The average Bonchev–Trinajstić information content (AvgIpc) is 2.35. The fraction of sp³-hybridized carbons (Fsp3) is 0.0833. The summed E-state index contributed by atoms with van der Waals surface area (Å²) >= 11 is 0. The van der Waals surface area contributed by atoms with E-state index in [0.29, 0.717) is 11.8 Å². The molecule has 0 aliphatic rings. The molecule has 0 aromatic heterocycles. The summed E-state index contributed by atoms with van der Waals surface area (Å²) in [5.74, 6) is -0.619. The lowest BCUT2D eigenvalue weighted by molar-refractivity contribution is -0.105. The van der Waals surface area contributed by atoms with Crippen molar-refractivity contribution in [3.05, 3.63) is 47.4 Å². The van der Waals surface area contributed by atoms with Crippen molar-refractivity contribution in [3.8, 4) is 6.07 Å². The Morgan fingerprint density at radius 3 is 2.82 bits per heavy atom. The Hall–Kier alpha value is -2.48. The summed E-state index contributed by atoms with van der Waals surface area (Å²) < 4.78 is 13.3. The minimum Gasteiger partial charge on any atom is -0.326 e. The van der Waals surface area contributed by atoms with Gasteiger partial charge in [-0.05, 0) is 17.7 Å². The fourth-order valence-electron chi connectivity index (χ4n) is 1.24. The summed E-state index contributed by atoms with van der Waals surface area (Å²) in [6.07, 6.45) is 1.46. The highest BCUT2D eigenvalue weighted by atomic mass is 19.1. The molecule has 17 heavy (non-hydrogen) atoms. The van der Waals surface area contributed by atoms with Crippen LogP contribution in [0.3, 0.4) is 0 Å². The number of hydrogen-bond donors (Lipinski definition) is 1. The molecule has 1 aromatic carbocycles. The smallest absolute Gasteiger partial charge is 0.165 e. The first kappa shape index (κ1) is 12.6. The third-order valence-electron chi connectivity index (χ3n) is 2.17. The first-order valence-electron chi connectivity index (χ1n) is 4.72. The minimum atomic E-state index is -0.619. The van der Waals surface area contributed by atoms with E-state index in [1.807, 2.05) is 0 Å². The van der Waals surface area contributed by atoms with Crippen LogP contribution in [0.25, 0.3) is 0 Å². The Labute approximate surface area is 98.1 Å². The van der Waals surface area contributed by atoms with Gasteiger partial charge in [-0.25, -0.2) is 4.39 Å². The summed E-state index contributed by atoms with van der Waals surface area (Å²) in [5.41, 5.74) is 0.627. The minimum absolute atomic E-state index is 0.0376. The molecule has 0 spiro atoms. The van der Waals surface area contributed by atoms with Gasteiger partial charge in [-0.1, -0.05) is 12.6 Å². The van der Waals surface area contributed by atoms with Crippen LogP contribution in [-0.4, -0.2) is 17.5 Å². The normalized spacial score (nSPS) is 9.18. The van der Waals surface area contributed by atoms with Crippen molar-refractivity contribution in [1.82, 2.24) is 4.90 Å². The molecule has 0 amide bonds. The van der Waals surface area contributed by atoms with Crippen LogP contribution in [0.2, 0.25) is 0 Å². The van der Waals surface area contributed by atoms with Crippen LogP contribution < -0.4 is 0 Å². The average molecular weight is 231 g/mol. The van der Waals surface area contributed by atoms with Gasteiger partial charge in [0.25, 0.3) is 0 Å². The predicted octanol–water partition coefficient (Wildman–Crippen LogP) is 1.82. The monoisotopic (exact) mass is 231 g/mol. The molecule has 0 unspecified atom stereocenters. The second-order valence-corrected chi connectivity index (χ2v) is 3.29. The molecule has 86 valence electrons. The molecular formula is C12H10FN3O. The number of halogens is 1. The third kappa shape index (κ3) is 2.98. The Morgan fingerprint density at radius 1 is 1.65 bits per heavy atom. The summed E-state index contributed by atoms with van der Waals surface area (Å²) in [4.78, 5) is 11.8. The van der Waals surface area contributed by atoms with Crippen LogP contribution in [0, 0.1) is 22.6 Å². The second kappa shape index (κ2) is 5.56. The molecule has 0 fully saturated rings. The highest BCUT2D eigenvalue weighted by molar-refractivity contribution is 5.76. The third-order valence-corrected chi connectivity index (χ3v) is 2.17. The molecule has 0 saturated heterocycles. The molecule has 0 saturated carbocycles. The van der Waals surface area contributed by atoms with Gasteiger partial charge in [0.05, 0.1) is 17.6 Å². The first-order chi connectivity index (χ1) is 8.12. The fourth-order valence-corrected chi connectivity index (χ4v) is 1.24. The van der Waals surface area contributed by atoms with E-state index in [1.54, 1.807) is 12.1 Å². The molecule has 0 radical (unpaired) electrons. The number of nitrogens with one attached hydrogen (secondary N) is 1. The molecule has 4 nitrogen and oxygen atoms in total. The number of rotatable bonds is 5. The van der Waals surface area contributed by atoms with Crippen LogP contribution in [0.15, 0.2) is 30.5 Å². The number of carbonyl (C=O) groups excluding carboxylic acids is 1. The van der Waals surface area contributed by atoms with E-state index in [-0.39, 0.29) is 17.8 Å². The Kier molecular flexibility index (Phi) is 4.12. The lowest BCUT2D eigenvalue weighted by atomic mass is 10.1. The molecule has 0 bridgehead atoms. The van der Waals surface area contributed by atoms with Crippen LogP contribution in [0.4, 0.5) is 4.39 Å². The highest BCUT2D eigenvalue weighted by Crippen LogP contribution is 2.12. The van der Waals surface area contributed by atoms with Crippen molar-refractivity contribution >= 4 is 12.6 Å². The largest absolute Gasteiger partial charge is 0.326 e. The van der Waals surface area contributed by atoms with E-state index in [1.165, 1.54) is 17.0 Å². The van der Waals surface area contributed by atoms with Gasteiger partial charge in [0, 0.05) is 6.54 Å². The number of hydrogen-bond acceptors (Lipinski definition) is 3. The zero-order valence-corrected chi connectivity index (χ0v) is 8.98. The summed E-state index contributed by atoms with van der Waals surface area (Å²) in [6, 6.07) is 5.84. The molecule has 0 heterocycles. The van der Waals surface area contributed by atoms with Gasteiger partial charge in [-0.2, -0.15) is 5.26 Å². The lowest BCUT2D eigenvalue weighted by Gasteiger charge is -2.17. The second-order valence-electron chi connectivity index (χ2n) is 3.29. The van der Waals surface area contributed by atoms with Crippen LogP contribution in [0.5, 0.6) is 0 Å². The number of nitriles is 1. The van der Waals surface area contributed by atoms with Gasteiger partial charge in [-0.3, -0.25) is 10.2 Å². The van der Waals surface area contributed by atoms with Gasteiger partial charge in [0.2, 0.25) is 0 Å². The summed E-state index contributed by atoms with van der Waals surface area (Å²) in [7, 11) is 0. The number of allylic oxidation sites excluding steroid dienone is 1. The van der Waals surface area contributed by atoms with Crippen LogP contribution >= 0.6 is 0 Å². The standard InChI is InChI=1S/C12H10FN3O/c1-9(7-17)16(8-15)6-10-2-3-11(5-14)12(13)4-10/h2-4,7-8,15H,1,6H2. The molecule has 1 N–H and O–H groups in total. The van der Waals surface area contributed by atoms with Gasteiger partial charge >= 0.3 is 0 Å². The van der Waals surface area contributed by atoms with Crippen molar-refractivity contribution in [2.24, 2.45) is 0 Å². The predicted molar refractivity (Wildman–Crippen MR) is 60.6 cm³/mol. The number of benzene rings is 1. The lowest BCUT2D eigenvalue weighted by Crippen LogP contribution is -2.20. The van der Waals surface area contributed by atoms with E-state index in [0.717, 1.165) is 6.34 Å². The van der Waals surface area contributed by atoms with E-state index in [2.05, 4.69) is 6.58 Å². The highest BCUT2D eigenvalue weighted by Gasteiger charge is 2.07. The first-order valence-corrected chi connectivity index (χ1v) is 4.72. The van der Waals surface area contributed by atoms with Gasteiger partial charge in [-0.15, -0.1) is 0 Å². The van der Waals surface area contributed by atoms with Crippen molar-refractivity contribution < 1.29 is 9.18 Å². The summed E-state index contributed by atoms with van der Waals surface area (Å²) in [5, 5.41) is 15.7. The van der Waals surface area contributed by atoms with Crippen molar-refractivity contribution in [1.29, 1.82) is 10.7 Å². The quantitative estimate of drug-likeness (QED) is 0.364. The Morgan fingerprint density at radius 2 is 2.35 bits per heavy atom. The molecule has 5 heteroatoms. The van der Waals surface area contributed by atoms with Crippen molar-refractivity contribution in [2.45, 2.75) is 6.54 Å². The maximum atomic E-state index is 13.3. The van der Waals surface area contributed by atoms with E-state index in [4.69, 9.17) is 10.7 Å². The van der Waals surface area contributed by atoms with E-state index < -0.39 is 5.82 Å². The van der Waals surface area contributed by atoms with Crippen molar-refractivity contribution in [2.75, 3.05) is 0 Å². The van der Waals surface area contributed by atoms with Crippen LogP contribution in [-0.2, 0) is 11.3 Å². The van der Waals surface area contributed by atoms with Crippen molar-refractivity contribution in [3.63, 3.8) is 0 Å². The molecule has 0 aliphatic carbocycles. The van der Waals surface area contributed by atoms with Gasteiger partial charge in [0.1, 0.15) is 11.9 Å². The number of aldehydes is 1. The molecule has 1 aromatic rings. The number of nitrogens with zero attached hydrogens (tertiary/aromatic N) is 2. The summed E-state index contributed by atoms with van der Waals surface area (Å²) in [6.45, 7) is 3.61. The molecule has 1 rings (SSSR count).